The molecule has 78 valence electrons. The van der Waals surface area contributed by atoms with Crippen molar-refractivity contribution in [3.63, 3.8) is 0 Å². The Kier molecular flexibility index (Phi) is 3.14. The number of halogens is 2. The van der Waals surface area contributed by atoms with Gasteiger partial charge in [-0.15, -0.1) is 0 Å². The second-order valence-corrected chi connectivity index (χ2v) is 4.43. The molecule has 0 aliphatic rings. The molecule has 1 heterocycles. The van der Waals surface area contributed by atoms with Crippen LogP contribution in [-0.4, -0.2) is 0 Å². The summed E-state index contributed by atoms with van der Waals surface area (Å²) in [5, 5.41) is 0.648. The van der Waals surface area contributed by atoms with Crippen molar-refractivity contribution < 1.29 is 4.42 Å². The first-order valence-corrected chi connectivity index (χ1v) is 5.59. The Hall–Kier alpha value is -0.770. The zero-order valence-corrected chi connectivity index (χ0v) is 10.1. The highest BCUT2D eigenvalue weighted by Gasteiger charge is 2.12. The summed E-state index contributed by atoms with van der Waals surface area (Å²) in [6, 6.07) is 9.02. The van der Waals surface area contributed by atoms with Crippen LogP contribution < -0.4 is 5.73 Å². The van der Waals surface area contributed by atoms with Crippen LogP contribution in [0.4, 0.5) is 0 Å². The first kappa shape index (κ1) is 10.7. The summed E-state index contributed by atoms with van der Waals surface area (Å²) >= 11 is 9.32. The molecule has 2 N–H and O–H groups in total. The molecule has 0 aliphatic carbocycles. The molecule has 0 amide bonds. The summed E-state index contributed by atoms with van der Waals surface area (Å²) in [4.78, 5) is 0. The lowest BCUT2D eigenvalue weighted by Gasteiger charge is -2.09. The topological polar surface area (TPSA) is 39.2 Å². The van der Waals surface area contributed by atoms with E-state index in [0.717, 1.165) is 15.8 Å². The van der Waals surface area contributed by atoms with Crippen molar-refractivity contribution in [2.24, 2.45) is 5.73 Å². The summed E-state index contributed by atoms with van der Waals surface area (Å²) in [5.74, 6) is 0.730. The van der Waals surface area contributed by atoms with Gasteiger partial charge in [0, 0.05) is 4.47 Å². The van der Waals surface area contributed by atoms with E-state index in [4.69, 9.17) is 21.8 Å². The van der Waals surface area contributed by atoms with E-state index in [1.165, 1.54) is 0 Å². The van der Waals surface area contributed by atoms with Gasteiger partial charge in [-0.2, -0.15) is 0 Å². The molecule has 2 nitrogen and oxygen atoms in total. The van der Waals surface area contributed by atoms with Gasteiger partial charge in [0.1, 0.15) is 5.76 Å². The van der Waals surface area contributed by atoms with Gasteiger partial charge in [-0.3, -0.25) is 0 Å². The van der Waals surface area contributed by atoms with Gasteiger partial charge < -0.3 is 10.2 Å². The van der Waals surface area contributed by atoms with Gasteiger partial charge in [0.25, 0.3) is 0 Å². The molecule has 1 unspecified atom stereocenters. The van der Waals surface area contributed by atoms with Gasteiger partial charge in [0.15, 0.2) is 0 Å². The molecule has 1 aromatic carbocycles. The van der Waals surface area contributed by atoms with E-state index in [9.17, 15) is 0 Å². The van der Waals surface area contributed by atoms with Crippen molar-refractivity contribution in [1.82, 2.24) is 0 Å². The average Bonchev–Trinajstić information content (AvgIpc) is 2.74. The second-order valence-electron chi connectivity index (χ2n) is 3.17. The summed E-state index contributed by atoms with van der Waals surface area (Å²) in [6.45, 7) is 0. The highest BCUT2D eigenvalue weighted by atomic mass is 79.9. The molecule has 15 heavy (non-hydrogen) atoms. The number of nitrogens with two attached hydrogens (primary N) is 1. The summed E-state index contributed by atoms with van der Waals surface area (Å²) < 4.78 is 6.10. The summed E-state index contributed by atoms with van der Waals surface area (Å²) in [5.41, 5.74) is 6.94. The predicted molar refractivity (Wildman–Crippen MR) is 63.9 cm³/mol. The summed E-state index contributed by atoms with van der Waals surface area (Å²) in [7, 11) is 0. The Bertz CT molecular complexity index is 456. The van der Waals surface area contributed by atoms with Crippen molar-refractivity contribution in [3.8, 4) is 0 Å². The molecule has 0 saturated heterocycles. The number of hydrogen-bond donors (Lipinski definition) is 1. The van der Waals surface area contributed by atoms with Gasteiger partial charge in [0.05, 0.1) is 17.3 Å². The van der Waals surface area contributed by atoms with Crippen LogP contribution in [0.2, 0.25) is 5.02 Å². The lowest BCUT2D eigenvalue weighted by atomic mass is 10.1. The van der Waals surface area contributed by atoms with Crippen LogP contribution in [0.5, 0.6) is 0 Å². The Balaban J connectivity index is 2.34. The van der Waals surface area contributed by atoms with E-state index in [2.05, 4.69) is 15.9 Å². The predicted octanol–water partition coefficient (Wildman–Crippen LogP) is 3.74. The molecule has 0 radical (unpaired) electrons. The average molecular weight is 287 g/mol. The highest BCUT2D eigenvalue weighted by molar-refractivity contribution is 9.10. The molecular formula is C11H9BrClNO. The molecule has 4 heteroatoms. The number of benzene rings is 1. The first-order chi connectivity index (χ1) is 7.18. The van der Waals surface area contributed by atoms with Crippen LogP contribution in [0.3, 0.4) is 0 Å². The van der Waals surface area contributed by atoms with Crippen LogP contribution in [0.1, 0.15) is 17.4 Å². The van der Waals surface area contributed by atoms with Crippen molar-refractivity contribution in [2.75, 3.05) is 0 Å². The molecule has 0 saturated carbocycles. The Morgan fingerprint density at radius 1 is 1.33 bits per heavy atom. The van der Waals surface area contributed by atoms with Crippen molar-refractivity contribution in [2.45, 2.75) is 6.04 Å². The molecule has 1 atom stereocenters. The zero-order valence-electron chi connectivity index (χ0n) is 7.78. The maximum atomic E-state index is 6.01. The molecule has 0 fully saturated rings. The monoisotopic (exact) mass is 285 g/mol. The van der Waals surface area contributed by atoms with E-state index in [-0.39, 0.29) is 6.04 Å². The zero-order chi connectivity index (χ0) is 10.8. The number of rotatable bonds is 2. The normalized spacial score (nSPS) is 12.7. The Morgan fingerprint density at radius 2 is 2.13 bits per heavy atom. The minimum atomic E-state index is -0.273. The van der Waals surface area contributed by atoms with Crippen LogP contribution in [0.25, 0.3) is 0 Å². The minimum Gasteiger partial charge on any atom is -0.467 e. The second kappa shape index (κ2) is 4.39. The molecular weight excluding hydrogens is 277 g/mol. The fraction of sp³-hybridized carbons (Fsp3) is 0.0909. The summed E-state index contributed by atoms with van der Waals surface area (Å²) in [6.07, 6.45) is 1.61. The van der Waals surface area contributed by atoms with E-state index in [1.807, 2.05) is 30.3 Å². The highest BCUT2D eigenvalue weighted by Crippen LogP contribution is 2.27. The van der Waals surface area contributed by atoms with E-state index < -0.39 is 0 Å². The molecule has 2 aromatic rings. The lowest BCUT2D eigenvalue weighted by Crippen LogP contribution is -2.10. The minimum absolute atomic E-state index is 0.273. The van der Waals surface area contributed by atoms with Crippen molar-refractivity contribution in [3.05, 3.63) is 57.4 Å². The van der Waals surface area contributed by atoms with Gasteiger partial charge in [-0.25, -0.2) is 0 Å². The smallest absolute Gasteiger partial charge is 0.124 e. The SMILES string of the molecule is NC(c1ccc(Br)c(Cl)c1)c1ccco1. The van der Waals surface area contributed by atoms with Gasteiger partial charge in [-0.1, -0.05) is 17.7 Å². The molecule has 0 bridgehead atoms. The molecule has 1 aromatic heterocycles. The third-order valence-electron chi connectivity index (χ3n) is 2.15. The molecule has 0 aliphatic heterocycles. The van der Waals surface area contributed by atoms with Gasteiger partial charge in [0.2, 0.25) is 0 Å². The molecule has 2 rings (SSSR count). The van der Waals surface area contributed by atoms with E-state index in [0.29, 0.717) is 5.02 Å². The van der Waals surface area contributed by atoms with E-state index >= 15 is 0 Å². The Morgan fingerprint density at radius 3 is 2.73 bits per heavy atom. The number of furan rings is 1. The van der Waals surface area contributed by atoms with Crippen LogP contribution in [0, 0.1) is 0 Å². The van der Waals surface area contributed by atoms with Crippen molar-refractivity contribution in [1.29, 1.82) is 0 Å². The van der Waals surface area contributed by atoms with Gasteiger partial charge in [-0.05, 0) is 45.8 Å². The van der Waals surface area contributed by atoms with Crippen LogP contribution >= 0.6 is 27.5 Å². The third-order valence-corrected chi connectivity index (χ3v) is 3.38. The standard InChI is InChI=1S/C11H9BrClNO/c12-8-4-3-7(6-9(8)13)11(14)10-2-1-5-15-10/h1-6,11H,14H2. The fourth-order valence-electron chi connectivity index (χ4n) is 1.34. The largest absolute Gasteiger partial charge is 0.467 e. The Labute approximate surface area is 101 Å². The fourth-order valence-corrected chi connectivity index (χ4v) is 1.77. The van der Waals surface area contributed by atoms with Crippen molar-refractivity contribution >= 4 is 27.5 Å². The quantitative estimate of drug-likeness (QED) is 0.913. The van der Waals surface area contributed by atoms with E-state index in [1.54, 1.807) is 6.26 Å². The van der Waals surface area contributed by atoms with Gasteiger partial charge >= 0.3 is 0 Å². The first-order valence-electron chi connectivity index (χ1n) is 4.42. The van der Waals surface area contributed by atoms with Crippen LogP contribution in [0.15, 0.2) is 45.5 Å². The number of hydrogen-bond acceptors (Lipinski definition) is 2. The van der Waals surface area contributed by atoms with Crippen LogP contribution in [-0.2, 0) is 0 Å². The molecule has 0 spiro atoms. The maximum Gasteiger partial charge on any atom is 0.124 e. The lowest BCUT2D eigenvalue weighted by molar-refractivity contribution is 0.490. The third kappa shape index (κ3) is 2.25. The maximum absolute atomic E-state index is 6.01.